The summed E-state index contributed by atoms with van der Waals surface area (Å²) in [4.78, 5) is 0. The molecule has 0 saturated carbocycles. The fourth-order valence-electron chi connectivity index (χ4n) is 2.72. The fraction of sp³-hybridized carbons (Fsp3) is 0.786. The highest BCUT2D eigenvalue weighted by molar-refractivity contribution is 6.20. The second-order valence-corrected chi connectivity index (χ2v) is 5.63. The molecule has 1 aliphatic rings. The van der Waals surface area contributed by atoms with Crippen LogP contribution in [0.1, 0.15) is 54.9 Å². The number of nitrogens with zero attached hydrogens (tertiary/aromatic N) is 2. The smallest absolute Gasteiger partial charge is 0.0643 e. The van der Waals surface area contributed by atoms with Gasteiger partial charge in [0.1, 0.15) is 0 Å². The van der Waals surface area contributed by atoms with Gasteiger partial charge in [0.2, 0.25) is 0 Å². The second-order valence-electron chi connectivity index (χ2n) is 5.11. The van der Waals surface area contributed by atoms with Gasteiger partial charge in [-0.1, -0.05) is 6.92 Å². The predicted octanol–water partition coefficient (Wildman–Crippen LogP) is 3.76. The van der Waals surface area contributed by atoms with Crippen LogP contribution in [0, 0.1) is 13.8 Å². The molecule has 1 aromatic rings. The van der Waals surface area contributed by atoms with Crippen LogP contribution >= 0.6 is 11.6 Å². The van der Waals surface area contributed by atoms with Gasteiger partial charge >= 0.3 is 0 Å². The normalized spacial score (nSPS) is 21.4. The van der Waals surface area contributed by atoms with Crippen molar-refractivity contribution in [3.63, 3.8) is 0 Å². The van der Waals surface area contributed by atoms with Crippen molar-refractivity contribution in [2.24, 2.45) is 0 Å². The van der Waals surface area contributed by atoms with Gasteiger partial charge < -0.3 is 4.74 Å². The third-order valence-electron chi connectivity index (χ3n) is 3.80. The van der Waals surface area contributed by atoms with Crippen LogP contribution in [0.25, 0.3) is 0 Å². The monoisotopic (exact) mass is 270 g/mol. The summed E-state index contributed by atoms with van der Waals surface area (Å²) in [5, 5.41) is 4.70. The van der Waals surface area contributed by atoms with E-state index < -0.39 is 0 Å². The summed E-state index contributed by atoms with van der Waals surface area (Å²) in [6.07, 6.45) is 4.82. The number of hydrogen-bond acceptors (Lipinski definition) is 2. The largest absolute Gasteiger partial charge is 0.378 e. The Labute approximate surface area is 114 Å². The maximum atomic E-state index is 6.36. The zero-order valence-electron chi connectivity index (χ0n) is 11.6. The maximum absolute atomic E-state index is 6.36. The SMILES string of the molecule is CCC(Cl)c1c(C)nn(CCC2CCCO2)c1C. The number of alkyl halides is 1. The van der Waals surface area contributed by atoms with Crippen LogP contribution in [0.4, 0.5) is 0 Å². The summed E-state index contributed by atoms with van der Waals surface area (Å²) in [7, 11) is 0. The molecule has 1 aliphatic heterocycles. The van der Waals surface area contributed by atoms with Crippen molar-refractivity contribution in [3.8, 4) is 0 Å². The summed E-state index contributed by atoms with van der Waals surface area (Å²) < 4.78 is 7.75. The maximum Gasteiger partial charge on any atom is 0.0643 e. The Morgan fingerprint density at radius 1 is 1.50 bits per heavy atom. The Balaban J connectivity index is 2.04. The predicted molar refractivity (Wildman–Crippen MR) is 74.2 cm³/mol. The number of halogens is 1. The van der Waals surface area contributed by atoms with Crippen LogP contribution in [0.5, 0.6) is 0 Å². The van der Waals surface area contributed by atoms with Crippen LogP contribution < -0.4 is 0 Å². The van der Waals surface area contributed by atoms with E-state index in [0.717, 1.165) is 31.7 Å². The molecule has 4 heteroatoms. The molecule has 0 bridgehead atoms. The highest BCUT2D eigenvalue weighted by atomic mass is 35.5. The first-order valence-electron chi connectivity index (χ1n) is 6.93. The Bertz CT molecular complexity index is 397. The van der Waals surface area contributed by atoms with Crippen molar-refractivity contribution < 1.29 is 4.74 Å². The van der Waals surface area contributed by atoms with Gasteiger partial charge in [-0.25, -0.2) is 0 Å². The van der Waals surface area contributed by atoms with Gasteiger partial charge in [0.15, 0.2) is 0 Å². The zero-order chi connectivity index (χ0) is 13.1. The lowest BCUT2D eigenvalue weighted by atomic mass is 10.1. The molecule has 0 N–H and O–H groups in total. The number of rotatable bonds is 5. The molecular formula is C14H23ClN2O. The molecule has 0 aliphatic carbocycles. The highest BCUT2D eigenvalue weighted by Crippen LogP contribution is 2.29. The van der Waals surface area contributed by atoms with Crippen molar-refractivity contribution in [1.82, 2.24) is 9.78 Å². The van der Waals surface area contributed by atoms with Crippen molar-refractivity contribution in [1.29, 1.82) is 0 Å². The average molecular weight is 271 g/mol. The van der Waals surface area contributed by atoms with E-state index in [4.69, 9.17) is 16.3 Å². The molecule has 2 rings (SSSR count). The van der Waals surface area contributed by atoms with E-state index in [1.165, 1.54) is 24.1 Å². The third kappa shape index (κ3) is 2.89. The number of aryl methyl sites for hydroxylation is 2. The van der Waals surface area contributed by atoms with E-state index in [2.05, 4.69) is 30.6 Å². The van der Waals surface area contributed by atoms with Gasteiger partial charge in [-0.2, -0.15) is 5.10 Å². The highest BCUT2D eigenvalue weighted by Gasteiger charge is 2.19. The average Bonchev–Trinajstić information content (AvgIpc) is 2.95. The van der Waals surface area contributed by atoms with Gasteiger partial charge in [-0.15, -0.1) is 11.6 Å². The summed E-state index contributed by atoms with van der Waals surface area (Å²) >= 11 is 6.36. The van der Waals surface area contributed by atoms with E-state index >= 15 is 0 Å². The molecule has 1 fully saturated rings. The Kier molecular flexibility index (Phi) is 4.68. The number of ether oxygens (including phenoxy) is 1. The van der Waals surface area contributed by atoms with Crippen LogP contribution in [0.2, 0.25) is 0 Å². The molecule has 0 radical (unpaired) electrons. The first-order chi connectivity index (χ1) is 8.63. The van der Waals surface area contributed by atoms with Crippen LogP contribution in [-0.2, 0) is 11.3 Å². The van der Waals surface area contributed by atoms with E-state index in [1.807, 2.05) is 0 Å². The minimum Gasteiger partial charge on any atom is -0.378 e. The minimum atomic E-state index is 0.0847. The molecule has 0 amide bonds. The van der Waals surface area contributed by atoms with E-state index in [0.29, 0.717) is 6.10 Å². The van der Waals surface area contributed by atoms with Crippen LogP contribution in [-0.4, -0.2) is 22.5 Å². The van der Waals surface area contributed by atoms with Crippen LogP contribution in [0.3, 0.4) is 0 Å². The lowest BCUT2D eigenvalue weighted by Crippen LogP contribution is -2.12. The van der Waals surface area contributed by atoms with Gasteiger partial charge in [-0.3, -0.25) is 4.68 Å². The molecule has 0 aromatic carbocycles. The summed E-state index contributed by atoms with van der Waals surface area (Å²) in [5.41, 5.74) is 3.50. The van der Waals surface area contributed by atoms with Gasteiger partial charge in [0, 0.05) is 24.4 Å². The topological polar surface area (TPSA) is 27.1 Å². The lowest BCUT2D eigenvalue weighted by molar-refractivity contribution is 0.0992. The van der Waals surface area contributed by atoms with E-state index in [-0.39, 0.29) is 5.38 Å². The minimum absolute atomic E-state index is 0.0847. The van der Waals surface area contributed by atoms with E-state index in [9.17, 15) is 0 Å². The first-order valence-corrected chi connectivity index (χ1v) is 7.36. The third-order valence-corrected chi connectivity index (χ3v) is 4.32. The van der Waals surface area contributed by atoms with Crippen molar-refractivity contribution in [3.05, 3.63) is 17.0 Å². The molecule has 3 nitrogen and oxygen atoms in total. The molecule has 18 heavy (non-hydrogen) atoms. The summed E-state index contributed by atoms with van der Waals surface area (Å²) in [5.74, 6) is 0. The fourth-order valence-corrected chi connectivity index (χ4v) is 3.04. The quantitative estimate of drug-likeness (QED) is 0.762. The Morgan fingerprint density at radius 3 is 2.89 bits per heavy atom. The second kappa shape index (κ2) is 6.07. The van der Waals surface area contributed by atoms with Crippen LogP contribution in [0.15, 0.2) is 0 Å². The molecule has 2 atom stereocenters. The Hall–Kier alpha value is -0.540. The van der Waals surface area contributed by atoms with Gasteiger partial charge in [-0.05, 0) is 39.5 Å². The van der Waals surface area contributed by atoms with Crippen molar-refractivity contribution >= 4 is 11.6 Å². The Morgan fingerprint density at radius 2 is 2.28 bits per heavy atom. The molecule has 0 spiro atoms. The van der Waals surface area contributed by atoms with Gasteiger partial charge in [0.25, 0.3) is 0 Å². The van der Waals surface area contributed by atoms with Gasteiger partial charge in [0.05, 0.1) is 17.2 Å². The molecule has 102 valence electrons. The molecule has 2 heterocycles. The molecule has 1 saturated heterocycles. The summed E-state index contributed by atoms with van der Waals surface area (Å²) in [6.45, 7) is 8.14. The van der Waals surface area contributed by atoms with E-state index in [1.54, 1.807) is 0 Å². The molecular weight excluding hydrogens is 248 g/mol. The summed E-state index contributed by atoms with van der Waals surface area (Å²) in [6, 6.07) is 0. The first kappa shape index (κ1) is 13.9. The number of aromatic nitrogens is 2. The lowest BCUT2D eigenvalue weighted by Gasteiger charge is -2.11. The zero-order valence-corrected chi connectivity index (χ0v) is 12.3. The standard InChI is InChI=1S/C14H23ClN2O/c1-4-13(15)14-10(2)16-17(11(14)3)8-7-12-6-5-9-18-12/h12-13H,4-9H2,1-3H3. The van der Waals surface area contributed by atoms with Crippen molar-refractivity contribution in [2.75, 3.05) is 6.61 Å². The molecule has 2 unspecified atom stereocenters. The van der Waals surface area contributed by atoms with Crippen molar-refractivity contribution in [2.45, 2.75) is 64.5 Å². The molecule has 1 aromatic heterocycles. The number of hydrogen-bond donors (Lipinski definition) is 0.